The van der Waals surface area contributed by atoms with Gasteiger partial charge in [-0.05, 0) is 0 Å². The van der Waals surface area contributed by atoms with Gasteiger partial charge in [-0.15, -0.1) is 0 Å². The van der Waals surface area contributed by atoms with Gasteiger partial charge in [-0.3, -0.25) is 0 Å². The van der Waals surface area contributed by atoms with E-state index in [1.165, 1.54) is 0 Å². The molecule has 214 valence electrons. The molecule has 0 radical (unpaired) electrons. The molecule has 0 aliphatic heterocycles. The third kappa shape index (κ3) is 4.73. The van der Waals surface area contributed by atoms with Gasteiger partial charge in [-0.25, -0.2) is 0 Å². The summed E-state index contributed by atoms with van der Waals surface area (Å²) in [5.41, 5.74) is 2.30. The van der Waals surface area contributed by atoms with E-state index in [-0.39, 0.29) is 17.2 Å². The molecule has 0 heterocycles. The van der Waals surface area contributed by atoms with Crippen LogP contribution in [0.1, 0.15) is 55.1 Å². The normalized spacial score (nSPS) is 20.2. The first-order chi connectivity index (χ1) is 19.7. The van der Waals surface area contributed by atoms with Gasteiger partial charge in [0.05, 0.1) is 0 Å². The van der Waals surface area contributed by atoms with Gasteiger partial charge in [0.25, 0.3) is 0 Å². The van der Waals surface area contributed by atoms with Gasteiger partial charge < -0.3 is 0 Å². The van der Waals surface area contributed by atoms with Crippen molar-refractivity contribution in [2.24, 2.45) is 0 Å². The van der Waals surface area contributed by atoms with Crippen molar-refractivity contribution in [2.75, 3.05) is 0 Å². The van der Waals surface area contributed by atoms with Crippen molar-refractivity contribution >= 4 is 40.3 Å². The average Bonchev–Trinajstić information content (AvgIpc) is 3.50. The van der Waals surface area contributed by atoms with Gasteiger partial charge in [0.1, 0.15) is 0 Å². The summed E-state index contributed by atoms with van der Waals surface area (Å²) in [6.07, 6.45) is -6.29. The molecule has 4 aromatic rings. The van der Waals surface area contributed by atoms with E-state index in [1.807, 2.05) is 73.7 Å². The Kier molecular flexibility index (Phi) is 7.19. The number of rotatable bonds is 4. The zero-order valence-corrected chi connectivity index (χ0v) is 26.0. The number of alkyl halides is 6. The minimum absolute atomic E-state index is 0.143. The number of hydrogen-bond donors (Lipinski definition) is 0. The van der Waals surface area contributed by atoms with Crippen LogP contribution in [0.2, 0.25) is 0 Å². The number of benzene rings is 4. The summed E-state index contributed by atoms with van der Waals surface area (Å²) in [7, 11) is 15.5. The molecular weight excluding hydrogens is 672 g/mol. The van der Waals surface area contributed by atoms with Crippen molar-refractivity contribution in [3.8, 4) is 0 Å². The molecule has 0 nitrogen and oxygen atoms in total. The number of halogens is 8. The number of allylic oxidation sites excluding steroid dienone is 2. The Hall–Kier alpha value is -2.60. The molecule has 6 rings (SSSR count). The van der Waals surface area contributed by atoms with Gasteiger partial charge >= 0.3 is 252 Å². The van der Waals surface area contributed by atoms with Crippen LogP contribution in [0.3, 0.4) is 0 Å². The molecule has 2 aliphatic carbocycles. The Morgan fingerprint density at radius 1 is 0.643 bits per heavy atom. The van der Waals surface area contributed by atoms with Crippen LogP contribution in [0.5, 0.6) is 0 Å². The molecule has 0 saturated carbocycles. The van der Waals surface area contributed by atoms with Gasteiger partial charge in [-0.2, -0.15) is 0 Å². The topological polar surface area (TPSA) is 0 Å². The first-order valence-corrected chi connectivity index (χ1v) is 22.1. The average molecular weight is 695 g/mol. The van der Waals surface area contributed by atoms with Gasteiger partial charge in [0, 0.05) is 0 Å². The van der Waals surface area contributed by atoms with E-state index in [4.69, 9.17) is 17.0 Å². The minimum atomic E-state index is -4.99. The van der Waals surface area contributed by atoms with Crippen molar-refractivity contribution in [3.05, 3.63) is 142 Å². The molecule has 0 aromatic heterocycles. The second-order valence-corrected chi connectivity index (χ2v) is 25.9. The predicted molar refractivity (Wildman–Crippen MR) is 153 cm³/mol. The number of fused-ring (bicyclic) bond motifs is 2. The van der Waals surface area contributed by atoms with Crippen molar-refractivity contribution in [1.29, 1.82) is 0 Å². The van der Waals surface area contributed by atoms with E-state index in [0.29, 0.717) is 11.1 Å². The molecule has 0 saturated heterocycles. The van der Waals surface area contributed by atoms with Crippen molar-refractivity contribution in [3.63, 3.8) is 0 Å². The van der Waals surface area contributed by atoms with E-state index < -0.39 is 48.1 Å². The predicted octanol–water partition coefficient (Wildman–Crippen LogP) is 11.3. The fourth-order valence-electron chi connectivity index (χ4n) is 6.25. The molecule has 0 fully saturated rings. The molecular formula is C33H22Cl2F6Zr. The summed E-state index contributed by atoms with van der Waals surface area (Å²) >= 11 is -4.89. The zero-order chi connectivity index (χ0) is 30.1. The van der Waals surface area contributed by atoms with Crippen LogP contribution in [0.25, 0.3) is 23.3 Å². The Labute approximate surface area is 250 Å². The second kappa shape index (κ2) is 10.2. The summed E-state index contributed by atoms with van der Waals surface area (Å²) in [5, 5.41) is 0. The maximum atomic E-state index is 13.9. The summed E-state index contributed by atoms with van der Waals surface area (Å²) in [4.78, 5) is 0. The second-order valence-electron chi connectivity index (χ2n) is 10.7. The van der Waals surface area contributed by atoms with Crippen molar-refractivity contribution in [2.45, 2.75) is 26.0 Å². The Balaban J connectivity index is 1.60. The molecule has 2 aliphatic rings. The first-order valence-electron chi connectivity index (χ1n) is 13.1. The SMILES string of the molecule is C[C]1([Zr]([Cl])([Cl])[CH]2C(c3cc(C(F)(F)F)cc(C(F)(F)F)c3)=Cc3ccccc32)C(c2ccccc2)=Cc2ccccc21. The van der Waals surface area contributed by atoms with E-state index in [1.54, 1.807) is 24.3 Å². The Morgan fingerprint density at radius 2 is 1.19 bits per heavy atom. The molecule has 42 heavy (non-hydrogen) atoms. The van der Waals surface area contributed by atoms with Crippen LogP contribution in [0.4, 0.5) is 26.3 Å². The molecule has 0 amide bonds. The number of hydrogen-bond acceptors (Lipinski definition) is 0. The monoisotopic (exact) mass is 692 g/mol. The van der Waals surface area contributed by atoms with E-state index in [9.17, 15) is 26.3 Å². The maximum absolute atomic E-state index is 13.9. The quantitative estimate of drug-likeness (QED) is 0.187. The van der Waals surface area contributed by atoms with Gasteiger partial charge in [0.2, 0.25) is 0 Å². The van der Waals surface area contributed by atoms with Crippen LogP contribution in [0, 0.1) is 0 Å². The summed E-state index contributed by atoms with van der Waals surface area (Å²) in [5.74, 6) is 0. The van der Waals surface area contributed by atoms with Gasteiger partial charge in [0.15, 0.2) is 0 Å². The van der Waals surface area contributed by atoms with Crippen molar-refractivity contribution in [1.82, 2.24) is 0 Å². The third-order valence-electron chi connectivity index (χ3n) is 8.30. The van der Waals surface area contributed by atoms with Crippen molar-refractivity contribution < 1.29 is 44.2 Å². The van der Waals surface area contributed by atoms with Crippen LogP contribution in [0.15, 0.2) is 97.1 Å². The zero-order valence-electron chi connectivity index (χ0n) is 22.0. The standard InChI is InChI=1S/C17H9F6.C16H13.2ClH.Zr/c18-16(19,20)14-7-13(8-15(9-14)17(21,22)23)12-5-10-3-1-2-4-11(10)6-12;1-12-15-10-6-5-9-14(15)11-16(12)13-7-3-2-4-8-13;;;/h1-9H;2-11H,1H3;2*1H;/q;;;;+2/p-2. The third-order valence-corrected chi connectivity index (χ3v) is 23.3. The molecule has 4 aromatic carbocycles. The molecule has 2 unspecified atom stereocenters. The van der Waals surface area contributed by atoms with Crippen LogP contribution >= 0.6 is 17.0 Å². The fourth-order valence-corrected chi connectivity index (χ4v) is 18.9. The van der Waals surface area contributed by atoms with Crippen LogP contribution in [-0.4, -0.2) is 0 Å². The van der Waals surface area contributed by atoms with E-state index in [2.05, 4.69) is 0 Å². The van der Waals surface area contributed by atoms with Gasteiger partial charge in [-0.1, -0.05) is 0 Å². The molecule has 0 spiro atoms. The molecule has 9 heteroatoms. The Bertz CT molecular complexity index is 1720. The summed E-state index contributed by atoms with van der Waals surface area (Å²) < 4.78 is 81.7. The van der Waals surface area contributed by atoms with Crippen LogP contribution < -0.4 is 0 Å². The first kappa shape index (κ1) is 29.5. The van der Waals surface area contributed by atoms with E-state index >= 15 is 0 Å². The van der Waals surface area contributed by atoms with E-state index in [0.717, 1.165) is 34.4 Å². The Morgan fingerprint density at radius 3 is 1.81 bits per heavy atom. The summed E-state index contributed by atoms with van der Waals surface area (Å²) in [6.45, 7) is 1.97. The molecule has 0 N–H and O–H groups in total. The summed E-state index contributed by atoms with van der Waals surface area (Å²) in [6, 6.07) is 26.1. The molecule has 2 atom stereocenters. The van der Waals surface area contributed by atoms with Crippen LogP contribution in [-0.2, 0) is 33.4 Å². The fraction of sp³-hybridized carbons (Fsp3) is 0.152. The molecule has 0 bridgehead atoms.